The molecule has 0 saturated carbocycles. The smallest absolute Gasteiger partial charge is 0.235 e. The fourth-order valence-electron chi connectivity index (χ4n) is 1.50. The number of carbonyl (C=O) groups is 2. The van der Waals surface area contributed by atoms with E-state index in [2.05, 4.69) is 15.5 Å². The molecule has 0 fully saturated rings. The molecule has 0 radical (unpaired) electrons. The van der Waals surface area contributed by atoms with Crippen LogP contribution in [0.15, 0.2) is 36.4 Å². The first-order valence-electron chi connectivity index (χ1n) is 5.34. The number of aromatic nitrogens is 2. The molecule has 2 aromatic rings. The van der Waals surface area contributed by atoms with Gasteiger partial charge in [0.1, 0.15) is 6.42 Å². The van der Waals surface area contributed by atoms with Crippen molar-refractivity contribution in [3.05, 3.63) is 36.4 Å². The van der Waals surface area contributed by atoms with Gasteiger partial charge in [-0.25, -0.2) is 0 Å². The van der Waals surface area contributed by atoms with Crippen molar-refractivity contribution in [2.24, 2.45) is 5.73 Å². The molecule has 2 rings (SSSR count). The summed E-state index contributed by atoms with van der Waals surface area (Å²) >= 11 is 0. The molecule has 0 aliphatic rings. The summed E-state index contributed by atoms with van der Waals surface area (Å²) in [5, 5.41) is 9.21. The molecule has 4 N–H and O–H groups in total. The molecule has 0 unspecified atom stereocenters. The zero-order valence-electron chi connectivity index (χ0n) is 9.51. The van der Waals surface area contributed by atoms with Gasteiger partial charge < -0.3 is 11.1 Å². The van der Waals surface area contributed by atoms with Crippen LogP contribution in [0.1, 0.15) is 6.42 Å². The van der Waals surface area contributed by atoms with Gasteiger partial charge in [0, 0.05) is 6.07 Å². The van der Waals surface area contributed by atoms with Crippen LogP contribution < -0.4 is 11.1 Å². The van der Waals surface area contributed by atoms with Crippen molar-refractivity contribution < 1.29 is 9.59 Å². The molecule has 2 amide bonds. The summed E-state index contributed by atoms with van der Waals surface area (Å²) < 4.78 is 0. The van der Waals surface area contributed by atoms with E-state index in [0.29, 0.717) is 5.82 Å². The Morgan fingerprint density at radius 3 is 2.67 bits per heavy atom. The Labute approximate surface area is 103 Å². The number of nitrogens with one attached hydrogen (secondary N) is 2. The molecule has 1 aromatic carbocycles. The highest BCUT2D eigenvalue weighted by Crippen LogP contribution is 2.18. The monoisotopic (exact) mass is 244 g/mol. The van der Waals surface area contributed by atoms with E-state index in [1.807, 2.05) is 30.3 Å². The van der Waals surface area contributed by atoms with Crippen molar-refractivity contribution in [3.63, 3.8) is 0 Å². The number of aromatic amines is 1. The Kier molecular flexibility index (Phi) is 3.38. The van der Waals surface area contributed by atoms with Crippen molar-refractivity contribution in [3.8, 4) is 11.3 Å². The maximum Gasteiger partial charge on any atom is 0.235 e. The van der Waals surface area contributed by atoms with E-state index in [1.54, 1.807) is 6.07 Å². The zero-order valence-corrected chi connectivity index (χ0v) is 9.51. The molecule has 6 heteroatoms. The van der Waals surface area contributed by atoms with Crippen molar-refractivity contribution >= 4 is 17.6 Å². The third-order valence-corrected chi connectivity index (χ3v) is 2.26. The fraction of sp³-hybridized carbons (Fsp3) is 0.0833. The fourth-order valence-corrected chi connectivity index (χ4v) is 1.50. The standard InChI is InChI=1S/C12H12N4O2/c13-10(17)7-12(18)14-11-6-9(15-16-11)8-4-2-1-3-5-8/h1-6H,7H2,(H2,13,17)(H2,14,15,16,18). The first-order valence-corrected chi connectivity index (χ1v) is 5.34. The van der Waals surface area contributed by atoms with Crippen LogP contribution >= 0.6 is 0 Å². The third-order valence-electron chi connectivity index (χ3n) is 2.26. The third kappa shape index (κ3) is 2.94. The second kappa shape index (κ2) is 5.13. The van der Waals surface area contributed by atoms with Crippen molar-refractivity contribution in [1.29, 1.82) is 0 Å². The lowest BCUT2D eigenvalue weighted by Gasteiger charge is -1.97. The summed E-state index contributed by atoms with van der Waals surface area (Å²) in [4.78, 5) is 21.9. The van der Waals surface area contributed by atoms with Gasteiger partial charge in [0.15, 0.2) is 5.82 Å². The van der Waals surface area contributed by atoms with Crippen LogP contribution in [0.25, 0.3) is 11.3 Å². The van der Waals surface area contributed by atoms with Crippen LogP contribution in [0.2, 0.25) is 0 Å². The van der Waals surface area contributed by atoms with Crippen LogP contribution in [-0.2, 0) is 9.59 Å². The molecule has 0 aliphatic carbocycles. The lowest BCUT2D eigenvalue weighted by Crippen LogP contribution is -2.21. The van der Waals surface area contributed by atoms with E-state index >= 15 is 0 Å². The summed E-state index contributed by atoms with van der Waals surface area (Å²) in [5.41, 5.74) is 6.66. The van der Waals surface area contributed by atoms with Gasteiger partial charge in [0.2, 0.25) is 11.8 Å². The molecule has 18 heavy (non-hydrogen) atoms. The molecule has 1 aromatic heterocycles. The summed E-state index contributed by atoms with van der Waals surface area (Å²) in [6, 6.07) is 11.2. The number of hydrogen-bond acceptors (Lipinski definition) is 3. The van der Waals surface area contributed by atoms with Crippen LogP contribution in [0.4, 0.5) is 5.82 Å². The average molecular weight is 244 g/mol. The zero-order chi connectivity index (χ0) is 13.0. The highest BCUT2D eigenvalue weighted by molar-refractivity contribution is 6.02. The number of nitrogens with two attached hydrogens (primary N) is 1. The molecule has 92 valence electrons. The predicted octanol–water partition coefficient (Wildman–Crippen LogP) is 0.891. The molecule has 6 nitrogen and oxygen atoms in total. The Balaban J connectivity index is 2.07. The number of nitrogens with zero attached hydrogens (tertiary/aromatic N) is 1. The lowest BCUT2D eigenvalue weighted by molar-refractivity contribution is -0.124. The number of rotatable bonds is 4. The minimum atomic E-state index is -0.675. The van der Waals surface area contributed by atoms with Crippen molar-refractivity contribution in [2.45, 2.75) is 6.42 Å². The van der Waals surface area contributed by atoms with Gasteiger partial charge in [0.25, 0.3) is 0 Å². The number of hydrogen-bond donors (Lipinski definition) is 3. The number of primary amides is 1. The quantitative estimate of drug-likeness (QED) is 0.696. The second-order valence-electron chi connectivity index (χ2n) is 3.72. The highest BCUT2D eigenvalue weighted by Gasteiger charge is 2.09. The van der Waals surface area contributed by atoms with Gasteiger partial charge in [-0.15, -0.1) is 0 Å². The van der Waals surface area contributed by atoms with E-state index < -0.39 is 11.8 Å². The van der Waals surface area contributed by atoms with Gasteiger partial charge in [-0.1, -0.05) is 30.3 Å². The number of amides is 2. The van der Waals surface area contributed by atoms with Crippen molar-refractivity contribution in [2.75, 3.05) is 5.32 Å². The van der Waals surface area contributed by atoms with Crippen molar-refractivity contribution in [1.82, 2.24) is 10.2 Å². The van der Waals surface area contributed by atoms with Crippen LogP contribution in [-0.4, -0.2) is 22.0 Å². The molecular formula is C12H12N4O2. The molecule has 1 heterocycles. The minimum Gasteiger partial charge on any atom is -0.369 e. The summed E-state index contributed by atoms with van der Waals surface area (Å²) in [6.07, 6.45) is -0.354. The largest absolute Gasteiger partial charge is 0.369 e. The molecule has 0 saturated heterocycles. The maximum absolute atomic E-state index is 11.3. The maximum atomic E-state index is 11.3. The summed E-state index contributed by atoms with van der Waals surface area (Å²) in [7, 11) is 0. The predicted molar refractivity (Wildman–Crippen MR) is 66.5 cm³/mol. The number of benzene rings is 1. The second-order valence-corrected chi connectivity index (χ2v) is 3.72. The van der Waals surface area contributed by atoms with Gasteiger partial charge >= 0.3 is 0 Å². The van der Waals surface area contributed by atoms with Gasteiger partial charge in [-0.05, 0) is 5.56 Å². The Morgan fingerprint density at radius 2 is 2.00 bits per heavy atom. The first kappa shape index (κ1) is 11.8. The normalized spacial score (nSPS) is 10.0. The molecular weight excluding hydrogens is 232 g/mol. The number of anilines is 1. The summed E-state index contributed by atoms with van der Waals surface area (Å²) in [5.74, 6) is -0.792. The van der Waals surface area contributed by atoms with E-state index in [-0.39, 0.29) is 6.42 Å². The highest BCUT2D eigenvalue weighted by atomic mass is 16.2. The molecule has 0 spiro atoms. The van der Waals surface area contributed by atoms with E-state index in [4.69, 9.17) is 5.73 Å². The van der Waals surface area contributed by atoms with Gasteiger partial charge in [-0.3, -0.25) is 14.7 Å². The molecule has 0 bridgehead atoms. The van der Waals surface area contributed by atoms with E-state index in [1.165, 1.54) is 0 Å². The average Bonchev–Trinajstić information content (AvgIpc) is 2.77. The molecule has 0 atom stereocenters. The number of H-pyrrole nitrogens is 1. The first-order chi connectivity index (χ1) is 8.65. The van der Waals surface area contributed by atoms with Gasteiger partial charge in [0.05, 0.1) is 5.69 Å². The number of carbonyl (C=O) groups excluding carboxylic acids is 2. The Morgan fingerprint density at radius 1 is 1.28 bits per heavy atom. The minimum absolute atomic E-state index is 0.354. The Hall–Kier alpha value is -2.63. The molecule has 0 aliphatic heterocycles. The van der Waals surface area contributed by atoms with E-state index in [9.17, 15) is 9.59 Å². The van der Waals surface area contributed by atoms with E-state index in [0.717, 1.165) is 11.3 Å². The summed E-state index contributed by atoms with van der Waals surface area (Å²) in [6.45, 7) is 0. The Bertz CT molecular complexity index is 562. The lowest BCUT2D eigenvalue weighted by atomic mass is 10.1. The van der Waals surface area contributed by atoms with Gasteiger partial charge in [-0.2, -0.15) is 5.10 Å². The van der Waals surface area contributed by atoms with Crippen LogP contribution in [0, 0.1) is 0 Å². The topological polar surface area (TPSA) is 101 Å². The van der Waals surface area contributed by atoms with Crippen LogP contribution in [0.3, 0.4) is 0 Å². The SMILES string of the molecule is NC(=O)CC(=O)Nc1cc(-c2ccccc2)[nH]n1. The van der Waals surface area contributed by atoms with Crippen LogP contribution in [0.5, 0.6) is 0 Å².